The zero-order valence-electron chi connectivity index (χ0n) is 11.9. The number of rotatable bonds is 4. The zero-order chi connectivity index (χ0) is 14.5. The molecular formula is C14H21ClN2O2. The Bertz CT molecular complexity index is 412. The maximum atomic E-state index is 12.2. The first-order chi connectivity index (χ1) is 8.83. The highest BCUT2D eigenvalue weighted by Gasteiger charge is 2.23. The molecule has 0 atom stereocenters. The molecule has 0 aromatic carbocycles. The van der Waals surface area contributed by atoms with Crippen LogP contribution < -0.4 is 4.90 Å². The Morgan fingerprint density at radius 3 is 2.58 bits per heavy atom. The van der Waals surface area contributed by atoms with Crippen LogP contribution in [0.2, 0.25) is 5.15 Å². The highest BCUT2D eigenvalue weighted by molar-refractivity contribution is 6.29. The number of amides is 1. The smallest absolute Gasteiger partial charge is 0.414 e. The molecule has 0 aliphatic rings. The van der Waals surface area contributed by atoms with E-state index < -0.39 is 5.60 Å². The van der Waals surface area contributed by atoms with E-state index in [-0.39, 0.29) is 6.09 Å². The summed E-state index contributed by atoms with van der Waals surface area (Å²) in [5.41, 5.74) is 0.189. The SMILES string of the molecule is CCCCN(C(=O)OC(C)(C)C)c1ccc(Cl)nc1. The van der Waals surface area contributed by atoms with Crippen molar-refractivity contribution in [3.8, 4) is 0 Å². The number of carbonyl (C=O) groups excluding carboxylic acids is 1. The molecule has 0 aliphatic carbocycles. The van der Waals surface area contributed by atoms with Crippen LogP contribution in [0.25, 0.3) is 0 Å². The van der Waals surface area contributed by atoms with E-state index in [0.717, 1.165) is 12.8 Å². The van der Waals surface area contributed by atoms with Gasteiger partial charge in [0.05, 0.1) is 11.9 Å². The van der Waals surface area contributed by atoms with Crippen LogP contribution in [0.3, 0.4) is 0 Å². The van der Waals surface area contributed by atoms with Crippen molar-refractivity contribution < 1.29 is 9.53 Å². The van der Waals surface area contributed by atoms with E-state index in [2.05, 4.69) is 11.9 Å². The van der Waals surface area contributed by atoms with Gasteiger partial charge in [-0.2, -0.15) is 0 Å². The minimum Gasteiger partial charge on any atom is -0.443 e. The Balaban J connectivity index is 2.87. The molecule has 0 fully saturated rings. The summed E-state index contributed by atoms with van der Waals surface area (Å²) in [6.07, 6.45) is 3.13. The minimum absolute atomic E-state index is 0.356. The zero-order valence-corrected chi connectivity index (χ0v) is 12.7. The number of carbonyl (C=O) groups is 1. The third kappa shape index (κ3) is 5.47. The number of hydrogen-bond donors (Lipinski definition) is 0. The molecule has 1 heterocycles. The fourth-order valence-electron chi connectivity index (χ4n) is 1.49. The van der Waals surface area contributed by atoms with Crippen LogP contribution in [-0.4, -0.2) is 23.2 Å². The average molecular weight is 285 g/mol. The molecule has 0 radical (unpaired) electrons. The normalized spacial score (nSPS) is 11.2. The summed E-state index contributed by atoms with van der Waals surface area (Å²) in [5, 5.41) is 0.406. The molecule has 0 saturated carbocycles. The third-order valence-electron chi connectivity index (χ3n) is 2.37. The van der Waals surface area contributed by atoms with E-state index in [1.807, 2.05) is 20.8 Å². The summed E-state index contributed by atoms with van der Waals surface area (Å²) in [5.74, 6) is 0. The second kappa shape index (κ2) is 6.75. The third-order valence-corrected chi connectivity index (χ3v) is 2.60. The maximum absolute atomic E-state index is 12.2. The monoisotopic (exact) mass is 284 g/mol. The van der Waals surface area contributed by atoms with E-state index >= 15 is 0 Å². The first kappa shape index (κ1) is 15.8. The van der Waals surface area contributed by atoms with Crippen molar-refractivity contribution in [3.05, 3.63) is 23.5 Å². The first-order valence-electron chi connectivity index (χ1n) is 6.45. The fraction of sp³-hybridized carbons (Fsp3) is 0.571. The average Bonchev–Trinajstić information content (AvgIpc) is 2.29. The van der Waals surface area contributed by atoms with Gasteiger partial charge < -0.3 is 4.74 Å². The summed E-state index contributed by atoms with van der Waals surface area (Å²) in [6.45, 7) is 8.23. The topological polar surface area (TPSA) is 42.4 Å². The van der Waals surface area contributed by atoms with Crippen LogP contribution in [0, 0.1) is 0 Å². The van der Waals surface area contributed by atoms with Gasteiger partial charge in [-0.15, -0.1) is 0 Å². The van der Waals surface area contributed by atoms with Crippen LogP contribution in [0.1, 0.15) is 40.5 Å². The van der Waals surface area contributed by atoms with Gasteiger partial charge in [0.25, 0.3) is 0 Å². The van der Waals surface area contributed by atoms with Gasteiger partial charge in [-0.05, 0) is 39.3 Å². The largest absolute Gasteiger partial charge is 0.443 e. The van der Waals surface area contributed by atoms with E-state index in [1.165, 1.54) is 0 Å². The van der Waals surface area contributed by atoms with Gasteiger partial charge in [-0.3, -0.25) is 4.90 Å². The fourth-order valence-corrected chi connectivity index (χ4v) is 1.60. The first-order valence-corrected chi connectivity index (χ1v) is 6.83. The molecule has 0 unspecified atom stereocenters. The number of pyridine rings is 1. The van der Waals surface area contributed by atoms with Crippen molar-refractivity contribution in [1.29, 1.82) is 0 Å². The Morgan fingerprint density at radius 2 is 2.11 bits per heavy atom. The van der Waals surface area contributed by atoms with Crippen LogP contribution >= 0.6 is 11.6 Å². The number of aromatic nitrogens is 1. The molecule has 1 aromatic heterocycles. The van der Waals surface area contributed by atoms with Gasteiger partial charge >= 0.3 is 6.09 Å². The predicted octanol–water partition coefficient (Wildman–Crippen LogP) is 4.28. The second-order valence-corrected chi connectivity index (χ2v) is 5.71. The Morgan fingerprint density at radius 1 is 1.42 bits per heavy atom. The van der Waals surface area contributed by atoms with Gasteiger partial charge in [0, 0.05) is 6.54 Å². The van der Waals surface area contributed by atoms with Crippen LogP contribution in [0.4, 0.5) is 10.5 Å². The van der Waals surface area contributed by atoms with Crippen molar-refractivity contribution in [2.45, 2.75) is 46.1 Å². The van der Waals surface area contributed by atoms with E-state index in [0.29, 0.717) is 17.4 Å². The van der Waals surface area contributed by atoms with Crippen molar-refractivity contribution in [2.24, 2.45) is 0 Å². The molecule has 5 heteroatoms. The molecule has 1 rings (SSSR count). The lowest BCUT2D eigenvalue weighted by atomic mass is 10.2. The molecule has 106 valence electrons. The Hall–Kier alpha value is -1.29. The highest BCUT2D eigenvalue weighted by atomic mass is 35.5. The lowest BCUT2D eigenvalue weighted by Crippen LogP contribution is -2.37. The van der Waals surface area contributed by atoms with Crippen LogP contribution in [0.15, 0.2) is 18.3 Å². The second-order valence-electron chi connectivity index (χ2n) is 5.32. The number of anilines is 1. The number of nitrogens with zero attached hydrogens (tertiary/aromatic N) is 2. The Labute approximate surface area is 119 Å². The quantitative estimate of drug-likeness (QED) is 0.775. The van der Waals surface area contributed by atoms with E-state index in [1.54, 1.807) is 23.2 Å². The number of ether oxygens (including phenoxy) is 1. The number of halogens is 1. The van der Waals surface area contributed by atoms with Gasteiger partial charge in [0.2, 0.25) is 0 Å². The van der Waals surface area contributed by atoms with Gasteiger partial charge in [-0.25, -0.2) is 9.78 Å². The van der Waals surface area contributed by atoms with Crippen molar-refractivity contribution >= 4 is 23.4 Å². The summed E-state index contributed by atoms with van der Waals surface area (Å²) >= 11 is 5.76. The van der Waals surface area contributed by atoms with Gasteiger partial charge in [-0.1, -0.05) is 24.9 Å². The standard InChI is InChI=1S/C14H21ClN2O2/c1-5-6-9-17(13(18)19-14(2,3)4)11-7-8-12(15)16-10-11/h7-8,10H,5-6,9H2,1-4H3. The Kier molecular flexibility index (Phi) is 5.60. The van der Waals surface area contributed by atoms with Crippen LogP contribution in [-0.2, 0) is 4.74 Å². The molecule has 19 heavy (non-hydrogen) atoms. The molecule has 0 aliphatic heterocycles. The summed E-state index contributed by atoms with van der Waals surface area (Å²) < 4.78 is 5.41. The lowest BCUT2D eigenvalue weighted by molar-refractivity contribution is 0.0580. The van der Waals surface area contributed by atoms with Crippen molar-refractivity contribution in [2.75, 3.05) is 11.4 Å². The molecular weight excluding hydrogens is 264 g/mol. The molecule has 4 nitrogen and oxygen atoms in total. The molecule has 0 N–H and O–H groups in total. The maximum Gasteiger partial charge on any atom is 0.414 e. The number of unbranched alkanes of at least 4 members (excludes halogenated alkanes) is 1. The lowest BCUT2D eigenvalue weighted by Gasteiger charge is -2.27. The van der Waals surface area contributed by atoms with E-state index in [9.17, 15) is 4.79 Å². The predicted molar refractivity (Wildman–Crippen MR) is 77.7 cm³/mol. The molecule has 0 bridgehead atoms. The highest BCUT2D eigenvalue weighted by Crippen LogP contribution is 2.19. The summed E-state index contributed by atoms with van der Waals surface area (Å²) in [4.78, 5) is 17.8. The van der Waals surface area contributed by atoms with Gasteiger partial charge in [0.15, 0.2) is 0 Å². The molecule has 0 saturated heterocycles. The van der Waals surface area contributed by atoms with E-state index in [4.69, 9.17) is 16.3 Å². The summed E-state index contributed by atoms with van der Waals surface area (Å²) in [6, 6.07) is 3.44. The molecule has 1 amide bonds. The summed E-state index contributed by atoms with van der Waals surface area (Å²) in [7, 11) is 0. The number of hydrogen-bond acceptors (Lipinski definition) is 3. The minimum atomic E-state index is -0.512. The van der Waals surface area contributed by atoms with Crippen molar-refractivity contribution in [1.82, 2.24) is 4.98 Å². The van der Waals surface area contributed by atoms with Crippen LogP contribution in [0.5, 0.6) is 0 Å². The van der Waals surface area contributed by atoms with Crippen molar-refractivity contribution in [3.63, 3.8) is 0 Å². The van der Waals surface area contributed by atoms with Gasteiger partial charge in [0.1, 0.15) is 10.8 Å². The molecule has 1 aromatic rings. The molecule has 0 spiro atoms.